The number of carbonyl (C=O) groups excluding carboxylic acids is 1. The molecule has 0 aromatic heterocycles. The first-order chi connectivity index (χ1) is 11.1. The minimum absolute atomic E-state index is 0.0410. The van der Waals surface area contributed by atoms with E-state index in [0.717, 1.165) is 5.56 Å². The van der Waals surface area contributed by atoms with E-state index in [-0.39, 0.29) is 17.6 Å². The van der Waals surface area contributed by atoms with Gasteiger partial charge in [0.05, 0.1) is 17.5 Å². The van der Waals surface area contributed by atoms with Crippen LogP contribution in [0.2, 0.25) is 0 Å². The number of Topliss-reactive ketones (excluding diaryl/α,β-unsaturated/α-hetero) is 1. The number of hydrogen-bond donors (Lipinski definition) is 1. The van der Waals surface area contributed by atoms with E-state index >= 15 is 0 Å². The summed E-state index contributed by atoms with van der Waals surface area (Å²) in [6, 6.07) is 12.9. The van der Waals surface area contributed by atoms with Crippen LogP contribution in [-0.4, -0.2) is 10.9 Å². The van der Waals surface area contributed by atoms with Crippen molar-refractivity contribution in [2.45, 2.75) is 26.4 Å². The molecule has 0 saturated carbocycles. The maximum Gasteiger partial charge on any atom is 0.170 e. The van der Waals surface area contributed by atoms with Crippen LogP contribution in [0.4, 0.5) is 0 Å². The van der Waals surface area contributed by atoms with Gasteiger partial charge in [0.15, 0.2) is 5.78 Å². The fourth-order valence-corrected chi connectivity index (χ4v) is 2.70. The van der Waals surface area contributed by atoms with Gasteiger partial charge >= 0.3 is 0 Å². The lowest BCUT2D eigenvalue weighted by atomic mass is 9.93. The van der Waals surface area contributed by atoms with Gasteiger partial charge < -0.3 is 9.84 Å². The van der Waals surface area contributed by atoms with E-state index in [9.17, 15) is 9.90 Å². The second-order valence-electron chi connectivity index (χ2n) is 6.12. The number of ether oxygens (including phenoxy) is 1. The van der Waals surface area contributed by atoms with Crippen molar-refractivity contribution in [3.63, 3.8) is 0 Å². The Hall–Kier alpha value is -2.55. The standard InChI is InChI=1S/C20H20O3/c1-13(2)8-9-15-17(21)11-10-16-18(22)12-19(23-20(15)16)14-6-4-3-5-7-14/h3-11,13,19,21H,12H2,1-2H3/t19-/m0/s1. The van der Waals surface area contributed by atoms with Crippen LogP contribution in [0.15, 0.2) is 48.5 Å². The summed E-state index contributed by atoms with van der Waals surface area (Å²) in [6.45, 7) is 4.11. The van der Waals surface area contributed by atoms with Crippen molar-refractivity contribution in [1.82, 2.24) is 0 Å². The molecule has 0 radical (unpaired) electrons. The Balaban J connectivity index is 2.04. The smallest absolute Gasteiger partial charge is 0.170 e. The summed E-state index contributed by atoms with van der Waals surface area (Å²) in [4.78, 5) is 12.5. The Bertz CT molecular complexity index is 745. The fraction of sp³-hybridized carbons (Fsp3) is 0.250. The third kappa shape index (κ3) is 3.14. The van der Waals surface area contributed by atoms with Crippen LogP contribution in [0.5, 0.6) is 11.5 Å². The number of hydrogen-bond acceptors (Lipinski definition) is 3. The van der Waals surface area contributed by atoms with E-state index < -0.39 is 0 Å². The number of phenolic OH excluding ortho intramolecular Hbond substituents is 1. The molecular weight excluding hydrogens is 288 g/mol. The van der Waals surface area contributed by atoms with Crippen LogP contribution >= 0.6 is 0 Å². The van der Waals surface area contributed by atoms with Crippen molar-refractivity contribution >= 4 is 11.9 Å². The predicted octanol–water partition coefficient (Wildman–Crippen LogP) is 4.77. The zero-order chi connectivity index (χ0) is 16.4. The lowest BCUT2D eigenvalue weighted by Crippen LogP contribution is -2.21. The first-order valence-corrected chi connectivity index (χ1v) is 7.85. The van der Waals surface area contributed by atoms with Gasteiger partial charge in [0.1, 0.15) is 17.6 Å². The van der Waals surface area contributed by atoms with E-state index in [2.05, 4.69) is 13.8 Å². The van der Waals surface area contributed by atoms with Crippen LogP contribution < -0.4 is 4.74 Å². The molecule has 0 aliphatic carbocycles. The highest BCUT2D eigenvalue weighted by Crippen LogP contribution is 2.41. The minimum Gasteiger partial charge on any atom is -0.507 e. The maximum atomic E-state index is 12.5. The quantitative estimate of drug-likeness (QED) is 0.888. The van der Waals surface area contributed by atoms with Crippen molar-refractivity contribution in [3.8, 4) is 11.5 Å². The van der Waals surface area contributed by atoms with Gasteiger partial charge in [-0.1, -0.05) is 56.3 Å². The summed E-state index contributed by atoms with van der Waals surface area (Å²) >= 11 is 0. The molecule has 3 rings (SSSR count). The van der Waals surface area contributed by atoms with Gasteiger partial charge in [-0.05, 0) is 23.6 Å². The number of phenols is 1. The number of carbonyl (C=O) groups is 1. The highest BCUT2D eigenvalue weighted by Gasteiger charge is 2.30. The molecule has 0 fully saturated rings. The number of ketones is 1. The predicted molar refractivity (Wildman–Crippen MR) is 90.7 cm³/mol. The first-order valence-electron chi connectivity index (χ1n) is 7.85. The second-order valence-corrected chi connectivity index (χ2v) is 6.12. The molecule has 2 aromatic rings. The number of allylic oxidation sites excluding steroid dienone is 1. The van der Waals surface area contributed by atoms with Crippen LogP contribution in [-0.2, 0) is 0 Å². The zero-order valence-electron chi connectivity index (χ0n) is 13.3. The molecular formula is C20H20O3. The molecule has 1 atom stereocenters. The van der Waals surface area contributed by atoms with Crippen molar-refractivity contribution in [1.29, 1.82) is 0 Å². The molecule has 0 amide bonds. The SMILES string of the molecule is CC(C)C=Cc1c(O)ccc2c1O[C@H](c1ccccc1)CC2=O. The number of fused-ring (bicyclic) bond motifs is 1. The van der Waals surface area contributed by atoms with Crippen LogP contribution in [0.25, 0.3) is 6.08 Å². The Morgan fingerprint density at radius 2 is 1.91 bits per heavy atom. The maximum absolute atomic E-state index is 12.5. The summed E-state index contributed by atoms with van der Waals surface area (Å²) in [6.07, 6.45) is 3.81. The van der Waals surface area contributed by atoms with Crippen molar-refractivity contribution in [3.05, 3.63) is 65.2 Å². The molecule has 1 heterocycles. The van der Waals surface area contributed by atoms with Crippen LogP contribution in [0.3, 0.4) is 0 Å². The molecule has 1 aliphatic heterocycles. The van der Waals surface area contributed by atoms with Crippen molar-refractivity contribution in [2.75, 3.05) is 0 Å². The molecule has 3 heteroatoms. The average Bonchev–Trinajstić information content (AvgIpc) is 2.54. The normalized spacial score (nSPS) is 17.3. The monoisotopic (exact) mass is 308 g/mol. The summed E-state index contributed by atoms with van der Waals surface area (Å²) in [5.41, 5.74) is 2.08. The summed E-state index contributed by atoms with van der Waals surface area (Å²) < 4.78 is 6.10. The summed E-state index contributed by atoms with van der Waals surface area (Å²) in [5.74, 6) is 0.989. The van der Waals surface area contributed by atoms with E-state index in [4.69, 9.17) is 4.74 Å². The Labute approximate surface area is 136 Å². The van der Waals surface area contributed by atoms with Gasteiger partial charge in [0.2, 0.25) is 0 Å². The number of benzene rings is 2. The highest BCUT2D eigenvalue weighted by atomic mass is 16.5. The average molecular weight is 308 g/mol. The molecule has 23 heavy (non-hydrogen) atoms. The molecule has 3 nitrogen and oxygen atoms in total. The minimum atomic E-state index is -0.316. The van der Waals surface area contributed by atoms with E-state index in [0.29, 0.717) is 29.2 Å². The Kier molecular flexibility index (Phi) is 4.20. The molecule has 0 bridgehead atoms. The first kappa shape index (κ1) is 15.3. The Morgan fingerprint density at radius 3 is 2.61 bits per heavy atom. The van der Waals surface area contributed by atoms with Gasteiger partial charge in [0, 0.05) is 0 Å². The second kappa shape index (κ2) is 6.29. The third-order valence-electron chi connectivity index (χ3n) is 3.92. The van der Waals surface area contributed by atoms with Crippen molar-refractivity contribution < 1.29 is 14.6 Å². The van der Waals surface area contributed by atoms with Crippen molar-refractivity contribution in [2.24, 2.45) is 5.92 Å². The van der Waals surface area contributed by atoms with Gasteiger partial charge in [-0.15, -0.1) is 0 Å². The molecule has 1 aliphatic rings. The molecule has 1 N–H and O–H groups in total. The summed E-state index contributed by atoms with van der Waals surface area (Å²) in [7, 11) is 0. The molecule has 0 spiro atoms. The van der Waals surface area contributed by atoms with Gasteiger partial charge in [0.25, 0.3) is 0 Å². The molecule has 2 aromatic carbocycles. The number of rotatable bonds is 3. The highest BCUT2D eigenvalue weighted by molar-refractivity contribution is 6.01. The topological polar surface area (TPSA) is 46.5 Å². The number of aromatic hydroxyl groups is 1. The largest absolute Gasteiger partial charge is 0.507 e. The molecule has 0 saturated heterocycles. The van der Waals surface area contributed by atoms with E-state index in [1.165, 1.54) is 0 Å². The molecule has 0 unspecified atom stereocenters. The van der Waals surface area contributed by atoms with Crippen LogP contribution in [0.1, 0.15) is 47.9 Å². The lowest BCUT2D eigenvalue weighted by Gasteiger charge is -2.27. The zero-order valence-corrected chi connectivity index (χ0v) is 13.3. The fourth-order valence-electron chi connectivity index (χ4n) is 2.70. The lowest BCUT2D eigenvalue weighted by molar-refractivity contribution is 0.0849. The van der Waals surface area contributed by atoms with Crippen LogP contribution in [0, 0.1) is 5.92 Å². The molecule has 118 valence electrons. The van der Waals surface area contributed by atoms with E-state index in [1.807, 2.05) is 42.5 Å². The van der Waals surface area contributed by atoms with Gasteiger partial charge in [-0.3, -0.25) is 4.79 Å². The van der Waals surface area contributed by atoms with Gasteiger partial charge in [-0.25, -0.2) is 0 Å². The third-order valence-corrected chi connectivity index (χ3v) is 3.92. The Morgan fingerprint density at radius 1 is 1.17 bits per heavy atom. The van der Waals surface area contributed by atoms with Gasteiger partial charge in [-0.2, -0.15) is 0 Å². The summed E-state index contributed by atoms with van der Waals surface area (Å²) in [5, 5.41) is 10.2. The van der Waals surface area contributed by atoms with E-state index in [1.54, 1.807) is 12.1 Å².